The molecule has 0 unspecified atom stereocenters. The zero-order valence-corrected chi connectivity index (χ0v) is 15.0. The SMILES string of the molecule is CCC(=O)/C=C\c1ccc2c(c1OC(C)C)C(=O)c1ccccc1C2=O. The minimum atomic E-state index is -0.233. The number of ether oxygens (including phenoxy) is 1. The van der Waals surface area contributed by atoms with Crippen molar-refractivity contribution in [2.45, 2.75) is 33.3 Å². The van der Waals surface area contributed by atoms with Crippen LogP contribution in [-0.4, -0.2) is 23.5 Å². The zero-order valence-electron chi connectivity index (χ0n) is 15.0. The molecule has 0 saturated heterocycles. The Bertz CT molecular complexity index is 935. The molecule has 2 aromatic carbocycles. The molecule has 0 atom stereocenters. The summed E-state index contributed by atoms with van der Waals surface area (Å²) in [4.78, 5) is 37.6. The number of hydrogen-bond donors (Lipinski definition) is 0. The lowest BCUT2D eigenvalue weighted by molar-refractivity contribution is -0.114. The minimum absolute atomic E-state index is 0.0223. The number of rotatable bonds is 5. The molecule has 0 bridgehead atoms. The summed E-state index contributed by atoms with van der Waals surface area (Å²) in [5, 5.41) is 0. The van der Waals surface area contributed by atoms with Crippen molar-refractivity contribution in [3.63, 3.8) is 0 Å². The number of ketones is 3. The minimum Gasteiger partial charge on any atom is -0.490 e. The first-order chi connectivity index (χ1) is 12.4. The molecule has 1 aliphatic carbocycles. The zero-order chi connectivity index (χ0) is 18.8. The van der Waals surface area contributed by atoms with Gasteiger partial charge in [-0.15, -0.1) is 0 Å². The van der Waals surface area contributed by atoms with E-state index in [0.29, 0.717) is 34.4 Å². The van der Waals surface area contributed by atoms with Gasteiger partial charge in [0, 0.05) is 28.7 Å². The second-order valence-corrected chi connectivity index (χ2v) is 6.43. The van der Waals surface area contributed by atoms with E-state index in [-0.39, 0.29) is 29.0 Å². The Hall–Kier alpha value is -3.01. The van der Waals surface area contributed by atoms with Crippen LogP contribution in [0.2, 0.25) is 0 Å². The highest BCUT2D eigenvalue weighted by Crippen LogP contribution is 2.36. The summed E-state index contributed by atoms with van der Waals surface area (Å²) < 4.78 is 5.91. The maximum Gasteiger partial charge on any atom is 0.198 e. The molecule has 0 fully saturated rings. The van der Waals surface area contributed by atoms with Crippen molar-refractivity contribution in [2.75, 3.05) is 0 Å². The monoisotopic (exact) mass is 348 g/mol. The maximum absolute atomic E-state index is 13.1. The second-order valence-electron chi connectivity index (χ2n) is 6.43. The fourth-order valence-corrected chi connectivity index (χ4v) is 2.97. The van der Waals surface area contributed by atoms with Gasteiger partial charge in [0.1, 0.15) is 5.75 Å². The Morgan fingerprint density at radius 1 is 1.00 bits per heavy atom. The van der Waals surface area contributed by atoms with E-state index in [1.165, 1.54) is 6.08 Å². The summed E-state index contributed by atoms with van der Waals surface area (Å²) >= 11 is 0. The lowest BCUT2D eigenvalue weighted by atomic mass is 9.82. The first kappa shape index (κ1) is 17.8. The van der Waals surface area contributed by atoms with Crippen LogP contribution in [0.4, 0.5) is 0 Å². The van der Waals surface area contributed by atoms with Crippen LogP contribution in [-0.2, 0) is 4.79 Å². The van der Waals surface area contributed by atoms with E-state index in [1.807, 2.05) is 13.8 Å². The fourth-order valence-electron chi connectivity index (χ4n) is 2.97. The quantitative estimate of drug-likeness (QED) is 0.647. The Labute approximate surface area is 152 Å². The van der Waals surface area contributed by atoms with Crippen molar-refractivity contribution >= 4 is 23.4 Å². The average Bonchev–Trinajstić information content (AvgIpc) is 2.64. The summed E-state index contributed by atoms with van der Waals surface area (Å²) in [5.41, 5.74) is 2.01. The van der Waals surface area contributed by atoms with E-state index >= 15 is 0 Å². The number of fused-ring (bicyclic) bond motifs is 2. The van der Waals surface area contributed by atoms with Crippen molar-refractivity contribution in [1.29, 1.82) is 0 Å². The van der Waals surface area contributed by atoms with E-state index in [4.69, 9.17) is 4.74 Å². The van der Waals surface area contributed by atoms with Crippen LogP contribution in [0.5, 0.6) is 5.75 Å². The molecule has 26 heavy (non-hydrogen) atoms. The summed E-state index contributed by atoms with van der Waals surface area (Å²) in [6.45, 7) is 5.49. The van der Waals surface area contributed by atoms with E-state index in [0.717, 1.165) is 0 Å². The van der Waals surface area contributed by atoms with Gasteiger partial charge in [-0.05, 0) is 32.1 Å². The molecule has 132 valence electrons. The molecule has 1 aliphatic rings. The standard InChI is InChI=1S/C22H20O4/c1-4-15(23)11-9-14-10-12-18-19(22(14)26-13(2)3)21(25)17-8-6-5-7-16(17)20(18)24/h5-13H,4H2,1-3H3/b11-9-. The lowest BCUT2D eigenvalue weighted by Crippen LogP contribution is -2.23. The number of benzene rings is 2. The van der Waals surface area contributed by atoms with Crippen molar-refractivity contribution in [1.82, 2.24) is 0 Å². The van der Waals surface area contributed by atoms with Crippen LogP contribution in [0.3, 0.4) is 0 Å². The highest BCUT2D eigenvalue weighted by Gasteiger charge is 2.33. The van der Waals surface area contributed by atoms with Gasteiger partial charge in [0.15, 0.2) is 17.3 Å². The normalized spacial score (nSPS) is 13.1. The summed E-state index contributed by atoms with van der Waals surface area (Å²) in [6, 6.07) is 10.1. The first-order valence-electron chi connectivity index (χ1n) is 8.67. The smallest absolute Gasteiger partial charge is 0.198 e. The molecule has 0 saturated carbocycles. The molecule has 4 nitrogen and oxygen atoms in total. The van der Waals surface area contributed by atoms with Gasteiger partial charge in [-0.2, -0.15) is 0 Å². The molecule has 0 N–H and O–H groups in total. The van der Waals surface area contributed by atoms with Crippen molar-refractivity contribution in [3.05, 3.63) is 70.3 Å². The van der Waals surface area contributed by atoms with Crippen molar-refractivity contribution in [3.8, 4) is 5.75 Å². The third-order valence-electron chi connectivity index (χ3n) is 4.23. The van der Waals surface area contributed by atoms with Crippen LogP contribution in [0.15, 0.2) is 42.5 Å². The molecule has 0 aromatic heterocycles. The predicted molar refractivity (Wildman–Crippen MR) is 99.8 cm³/mol. The predicted octanol–water partition coefficient (Wildman–Crippen LogP) is 4.24. The Kier molecular flexibility index (Phi) is 4.85. The molecular weight excluding hydrogens is 328 g/mol. The molecule has 0 spiro atoms. The lowest BCUT2D eigenvalue weighted by Gasteiger charge is -2.23. The fraction of sp³-hybridized carbons (Fsp3) is 0.227. The van der Waals surface area contributed by atoms with Crippen LogP contribution < -0.4 is 4.74 Å². The van der Waals surface area contributed by atoms with Crippen molar-refractivity contribution in [2.24, 2.45) is 0 Å². The molecular formula is C22H20O4. The molecule has 4 heteroatoms. The maximum atomic E-state index is 13.1. The third-order valence-corrected chi connectivity index (χ3v) is 4.23. The summed E-state index contributed by atoms with van der Waals surface area (Å²) in [7, 11) is 0. The third kappa shape index (κ3) is 3.10. The van der Waals surface area contributed by atoms with Crippen LogP contribution >= 0.6 is 0 Å². The largest absolute Gasteiger partial charge is 0.490 e. The van der Waals surface area contributed by atoms with Gasteiger partial charge >= 0.3 is 0 Å². The molecule has 0 radical (unpaired) electrons. The highest BCUT2D eigenvalue weighted by molar-refractivity contribution is 6.29. The van der Waals surface area contributed by atoms with Gasteiger partial charge in [-0.25, -0.2) is 0 Å². The molecule has 0 aliphatic heterocycles. The second kappa shape index (κ2) is 7.08. The van der Waals surface area contributed by atoms with E-state index in [9.17, 15) is 14.4 Å². The van der Waals surface area contributed by atoms with Gasteiger partial charge < -0.3 is 4.74 Å². The molecule has 3 rings (SSSR count). The average molecular weight is 348 g/mol. The van der Waals surface area contributed by atoms with Crippen molar-refractivity contribution < 1.29 is 19.1 Å². The van der Waals surface area contributed by atoms with E-state index in [2.05, 4.69) is 0 Å². The van der Waals surface area contributed by atoms with E-state index in [1.54, 1.807) is 49.4 Å². The van der Waals surface area contributed by atoms with Gasteiger partial charge in [-0.3, -0.25) is 14.4 Å². The van der Waals surface area contributed by atoms with Crippen LogP contribution in [0.25, 0.3) is 6.08 Å². The van der Waals surface area contributed by atoms with Gasteiger partial charge in [0.05, 0.1) is 11.7 Å². The Balaban J connectivity index is 2.21. The first-order valence-corrected chi connectivity index (χ1v) is 8.67. The highest BCUT2D eigenvalue weighted by atomic mass is 16.5. The topological polar surface area (TPSA) is 60.4 Å². The van der Waals surface area contributed by atoms with Crippen LogP contribution in [0, 0.1) is 0 Å². The number of hydrogen-bond acceptors (Lipinski definition) is 4. The van der Waals surface area contributed by atoms with Gasteiger partial charge in [-0.1, -0.05) is 37.3 Å². The number of carbonyl (C=O) groups is 3. The molecule has 0 heterocycles. The Morgan fingerprint density at radius 2 is 1.65 bits per heavy atom. The Morgan fingerprint density at radius 3 is 2.27 bits per heavy atom. The molecule has 0 amide bonds. The number of carbonyl (C=O) groups excluding carboxylic acids is 3. The summed E-state index contributed by atoms with van der Waals surface area (Å²) in [6.07, 6.45) is 3.32. The van der Waals surface area contributed by atoms with E-state index < -0.39 is 0 Å². The summed E-state index contributed by atoms with van der Waals surface area (Å²) in [5.74, 6) is -0.0941. The molecule has 2 aromatic rings. The van der Waals surface area contributed by atoms with Gasteiger partial charge in [0.2, 0.25) is 0 Å². The van der Waals surface area contributed by atoms with Gasteiger partial charge in [0.25, 0.3) is 0 Å². The number of allylic oxidation sites excluding steroid dienone is 1. The van der Waals surface area contributed by atoms with Crippen LogP contribution in [0.1, 0.15) is 64.6 Å².